The SMILES string of the molecule is CC1=COc2ccccc2C1C. The number of allylic oxidation sites excluding steroid dienone is 1. The average molecular weight is 160 g/mol. The Bertz CT molecular complexity index is 326. The van der Waals surface area contributed by atoms with Crippen LogP contribution in [0, 0.1) is 0 Å². The van der Waals surface area contributed by atoms with Crippen LogP contribution in [0.4, 0.5) is 0 Å². The first-order chi connectivity index (χ1) is 5.79. The largest absolute Gasteiger partial charge is 0.465 e. The van der Waals surface area contributed by atoms with E-state index in [1.54, 1.807) is 0 Å². The van der Waals surface area contributed by atoms with Crippen LogP contribution in [0.1, 0.15) is 25.3 Å². The van der Waals surface area contributed by atoms with Gasteiger partial charge in [0.25, 0.3) is 0 Å². The van der Waals surface area contributed by atoms with Crippen molar-refractivity contribution in [1.82, 2.24) is 0 Å². The Kier molecular flexibility index (Phi) is 1.65. The molecule has 1 unspecified atom stereocenters. The summed E-state index contributed by atoms with van der Waals surface area (Å²) in [5, 5.41) is 0. The van der Waals surface area contributed by atoms with Crippen LogP contribution < -0.4 is 4.74 Å². The zero-order chi connectivity index (χ0) is 8.55. The van der Waals surface area contributed by atoms with Crippen molar-refractivity contribution in [1.29, 1.82) is 0 Å². The first-order valence-electron chi connectivity index (χ1n) is 4.21. The van der Waals surface area contributed by atoms with Crippen molar-refractivity contribution in [2.24, 2.45) is 0 Å². The van der Waals surface area contributed by atoms with E-state index < -0.39 is 0 Å². The maximum atomic E-state index is 5.44. The Hall–Kier alpha value is -1.24. The van der Waals surface area contributed by atoms with E-state index in [0.717, 1.165) is 5.75 Å². The van der Waals surface area contributed by atoms with Gasteiger partial charge >= 0.3 is 0 Å². The molecular weight excluding hydrogens is 148 g/mol. The minimum Gasteiger partial charge on any atom is -0.465 e. The van der Waals surface area contributed by atoms with E-state index in [-0.39, 0.29) is 0 Å². The number of hydrogen-bond acceptors (Lipinski definition) is 1. The van der Waals surface area contributed by atoms with Crippen LogP contribution in [0.15, 0.2) is 36.1 Å². The fourth-order valence-electron chi connectivity index (χ4n) is 1.45. The van der Waals surface area contributed by atoms with E-state index in [0.29, 0.717) is 5.92 Å². The summed E-state index contributed by atoms with van der Waals surface area (Å²) in [6.07, 6.45) is 1.84. The van der Waals surface area contributed by atoms with Gasteiger partial charge in [-0.2, -0.15) is 0 Å². The van der Waals surface area contributed by atoms with Crippen LogP contribution in [0.3, 0.4) is 0 Å². The van der Waals surface area contributed by atoms with Crippen molar-refractivity contribution in [2.45, 2.75) is 19.8 Å². The molecule has 1 aliphatic heterocycles. The Morgan fingerprint density at radius 1 is 1.25 bits per heavy atom. The lowest BCUT2D eigenvalue weighted by Crippen LogP contribution is -2.04. The lowest BCUT2D eigenvalue weighted by molar-refractivity contribution is 0.447. The summed E-state index contributed by atoms with van der Waals surface area (Å²) in [7, 11) is 0. The summed E-state index contributed by atoms with van der Waals surface area (Å²) in [6, 6.07) is 8.18. The topological polar surface area (TPSA) is 9.23 Å². The Morgan fingerprint density at radius 3 is 2.83 bits per heavy atom. The van der Waals surface area contributed by atoms with Gasteiger partial charge in [-0.3, -0.25) is 0 Å². The van der Waals surface area contributed by atoms with Crippen LogP contribution in [0.25, 0.3) is 0 Å². The highest BCUT2D eigenvalue weighted by atomic mass is 16.5. The van der Waals surface area contributed by atoms with Gasteiger partial charge in [-0.15, -0.1) is 0 Å². The lowest BCUT2D eigenvalue weighted by atomic mass is 9.93. The number of para-hydroxylation sites is 1. The van der Waals surface area contributed by atoms with Gasteiger partial charge < -0.3 is 4.74 Å². The molecule has 0 fully saturated rings. The van der Waals surface area contributed by atoms with Crippen LogP contribution in [0.2, 0.25) is 0 Å². The zero-order valence-electron chi connectivity index (χ0n) is 7.37. The van der Waals surface area contributed by atoms with Crippen LogP contribution in [-0.4, -0.2) is 0 Å². The van der Waals surface area contributed by atoms with Crippen molar-refractivity contribution in [3.63, 3.8) is 0 Å². The molecule has 0 bridgehead atoms. The van der Waals surface area contributed by atoms with E-state index in [1.165, 1.54) is 11.1 Å². The minimum atomic E-state index is 0.495. The van der Waals surface area contributed by atoms with Crippen LogP contribution in [0.5, 0.6) is 5.75 Å². The maximum Gasteiger partial charge on any atom is 0.130 e. The standard InChI is InChI=1S/C11H12O/c1-8-7-12-11-6-4-3-5-10(11)9(8)2/h3-7,9H,1-2H3. The van der Waals surface area contributed by atoms with Gasteiger partial charge in [0.15, 0.2) is 0 Å². The minimum absolute atomic E-state index is 0.495. The lowest BCUT2D eigenvalue weighted by Gasteiger charge is -2.21. The molecule has 1 nitrogen and oxygen atoms in total. The fraction of sp³-hybridized carbons (Fsp3) is 0.273. The Labute approximate surface area is 72.7 Å². The van der Waals surface area contributed by atoms with Crippen LogP contribution in [-0.2, 0) is 0 Å². The summed E-state index contributed by atoms with van der Waals surface area (Å²) < 4.78 is 5.44. The molecule has 0 saturated heterocycles. The Balaban J connectivity index is 2.49. The van der Waals surface area contributed by atoms with E-state index in [2.05, 4.69) is 26.0 Å². The van der Waals surface area contributed by atoms with E-state index in [9.17, 15) is 0 Å². The molecule has 1 aliphatic rings. The summed E-state index contributed by atoms with van der Waals surface area (Å²) in [5.41, 5.74) is 2.58. The van der Waals surface area contributed by atoms with E-state index >= 15 is 0 Å². The molecule has 0 saturated carbocycles. The molecule has 0 radical (unpaired) electrons. The first-order valence-corrected chi connectivity index (χ1v) is 4.21. The third-order valence-corrected chi connectivity index (χ3v) is 2.44. The molecule has 0 N–H and O–H groups in total. The molecule has 1 heterocycles. The molecule has 0 aliphatic carbocycles. The molecule has 12 heavy (non-hydrogen) atoms. The highest BCUT2D eigenvalue weighted by molar-refractivity contribution is 5.42. The number of ether oxygens (including phenoxy) is 1. The predicted molar refractivity (Wildman–Crippen MR) is 49.2 cm³/mol. The maximum absolute atomic E-state index is 5.44. The smallest absolute Gasteiger partial charge is 0.130 e. The van der Waals surface area contributed by atoms with Gasteiger partial charge in [-0.1, -0.05) is 25.1 Å². The molecule has 1 aromatic rings. The number of fused-ring (bicyclic) bond motifs is 1. The quantitative estimate of drug-likeness (QED) is 0.566. The van der Waals surface area contributed by atoms with Gasteiger partial charge in [0.2, 0.25) is 0 Å². The highest BCUT2D eigenvalue weighted by Crippen LogP contribution is 2.34. The summed E-state index contributed by atoms with van der Waals surface area (Å²) >= 11 is 0. The third-order valence-electron chi connectivity index (χ3n) is 2.44. The fourth-order valence-corrected chi connectivity index (χ4v) is 1.45. The number of rotatable bonds is 0. The number of hydrogen-bond donors (Lipinski definition) is 0. The molecule has 0 aromatic heterocycles. The number of benzene rings is 1. The molecular formula is C11H12O. The third kappa shape index (κ3) is 1.02. The molecule has 1 heteroatoms. The van der Waals surface area contributed by atoms with Crippen molar-refractivity contribution < 1.29 is 4.74 Å². The van der Waals surface area contributed by atoms with Crippen molar-refractivity contribution >= 4 is 0 Å². The van der Waals surface area contributed by atoms with Crippen molar-refractivity contribution in [3.05, 3.63) is 41.7 Å². The Morgan fingerprint density at radius 2 is 2.00 bits per heavy atom. The molecule has 0 spiro atoms. The van der Waals surface area contributed by atoms with Gasteiger partial charge in [0, 0.05) is 11.5 Å². The highest BCUT2D eigenvalue weighted by Gasteiger charge is 2.16. The first kappa shape index (κ1) is 7.41. The van der Waals surface area contributed by atoms with E-state index in [1.807, 2.05) is 18.4 Å². The second-order valence-electron chi connectivity index (χ2n) is 3.24. The van der Waals surface area contributed by atoms with Crippen molar-refractivity contribution in [3.8, 4) is 5.75 Å². The van der Waals surface area contributed by atoms with Gasteiger partial charge in [-0.25, -0.2) is 0 Å². The summed E-state index contributed by atoms with van der Waals surface area (Å²) in [5.74, 6) is 1.49. The monoisotopic (exact) mass is 160 g/mol. The van der Waals surface area contributed by atoms with E-state index in [4.69, 9.17) is 4.74 Å². The van der Waals surface area contributed by atoms with Gasteiger partial charge in [0.1, 0.15) is 5.75 Å². The second-order valence-corrected chi connectivity index (χ2v) is 3.24. The second kappa shape index (κ2) is 2.67. The average Bonchev–Trinajstić information content (AvgIpc) is 2.12. The molecule has 0 amide bonds. The molecule has 2 rings (SSSR count). The van der Waals surface area contributed by atoms with Crippen molar-refractivity contribution in [2.75, 3.05) is 0 Å². The molecule has 1 aromatic carbocycles. The predicted octanol–water partition coefficient (Wildman–Crippen LogP) is 3.09. The van der Waals surface area contributed by atoms with Gasteiger partial charge in [0.05, 0.1) is 6.26 Å². The van der Waals surface area contributed by atoms with Crippen LogP contribution >= 0.6 is 0 Å². The molecule has 1 atom stereocenters. The normalized spacial score (nSPS) is 20.8. The zero-order valence-corrected chi connectivity index (χ0v) is 7.37. The summed E-state index contributed by atoms with van der Waals surface area (Å²) in [4.78, 5) is 0. The van der Waals surface area contributed by atoms with Gasteiger partial charge in [-0.05, 0) is 18.6 Å². The molecule has 62 valence electrons. The summed E-state index contributed by atoms with van der Waals surface area (Å²) in [6.45, 7) is 4.30.